The third-order valence-corrected chi connectivity index (χ3v) is 14.9. The van der Waals surface area contributed by atoms with Gasteiger partial charge in [0.05, 0.1) is 11.8 Å². The highest BCUT2D eigenvalue weighted by Crippen LogP contribution is 2.68. The summed E-state index contributed by atoms with van der Waals surface area (Å²) in [6.45, 7) is 23.7. The molecule has 0 heterocycles. The molecule has 5 unspecified atom stereocenters. The Bertz CT molecular complexity index is 1540. The van der Waals surface area contributed by atoms with E-state index in [0.29, 0.717) is 24.0 Å². The number of fused-ring (bicyclic) bond motifs is 4. The lowest BCUT2D eigenvalue weighted by molar-refractivity contribution is -0.197. The predicted molar refractivity (Wildman–Crippen MR) is 207 cm³/mol. The number of phenols is 1. The van der Waals surface area contributed by atoms with E-state index in [1.165, 1.54) is 5.57 Å². The first-order chi connectivity index (χ1) is 24.1. The molecule has 290 valence electrons. The zero-order valence-corrected chi connectivity index (χ0v) is 34.0. The fourth-order valence-corrected chi connectivity index (χ4v) is 12.2. The lowest BCUT2D eigenvalue weighted by Gasteiger charge is -2.64. The van der Waals surface area contributed by atoms with Gasteiger partial charge in [0.15, 0.2) is 5.78 Å². The molecular weight excluding hydrogens is 650 g/mol. The highest BCUT2D eigenvalue weighted by molar-refractivity contribution is 6.00. The molecule has 0 amide bonds. The molecule has 1 aromatic rings. The zero-order chi connectivity index (χ0) is 38.5. The maximum absolute atomic E-state index is 14.0. The van der Waals surface area contributed by atoms with Crippen LogP contribution in [0.2, 0.25) is 0 Å². The molecule has 52 heavy (non-hydrogen) atoms. The van der Waals surface area contributed by atoms with E-state index in [2.05, 4.69) is 60.7 Å². The first-order valence-corrected chi connectivity index (χ1v) is 20.3. The third-order valence-electron chi connectivity index (χ3n) is 14.9. The molecule has 1 aromatic carbocycles. The highest BCUT2D eigenvalue weighted by Gasteiger charge is 2.62. The summed E-state index contributed by atoms with van der Waals surface area (Å²) in [4.78, 5) is 38.9. The number of hydrogen-bond donors (Lipinski definition) is 3. The number of ketones is 1. The average molecular weight is 720 g/mol. The fourth-order valence-electron chi connectivity index (χ4n) is 12.2. The number of benzene rings is 1. The molecule has 0 spiro atoms. The number of aliphatic carboxylic acids is 1. The number of allylic oxidation sites excluding steroid dienone is 2. The van der Waals surface area contributed by atoms with Crippen molar-refractivity contribution in [3.63, 3.8) is 0 Å². The minimum absolute atomic E-state index is 0.0883. The summed E-state index contributed by atoms with van der Waals surface area (Å²) in [6, 6.07) is 7.40. The number of phenolic OH excluding ortho intramolecular Hbond substituents is 1. The molecule has 0 aliphatic heterocycles. The van der Waals surface area contributed by atoms with Crippen molar-refractivity contribution in [1.29, 1.82) is 0 Å². The summed E-state index contributed by atoms with van der Waals surface area (Å²) in [5.41, 5.74) is 2.31. The Hall–Kier alpha value is -2.67. The number of carboxylic acid groups (broad SMARTS) is 1. The van der Waals surface area contributed by atoms with E-state index in [1.807, 2.05) is 12.1 Å². The van der Waals surface area contributed by atoms with Gasteiger partial charge in [-0.3, -0.25) is 14.4 Å². The molecule has 7 nitrogen and oxygen atoms in total. The molecule has 3 saturated carbocycles. The van der Waals surface area contributed by atoms with Crippen LogP contribution in [-0.2, 0) is 25.7 Å². The Labute approximate surface area is 314 Å². The van der Waals surface area contributed by atoms with Crippen LogP contribution < -0.4 is 5.32 Å². The largest absolute Gasteiger partial charge is 0.508 e. The highest BCUT2D eigenvalue weighted by atomic mass is 16.5. The molecular formula is C45H69NO6. The monoisotopic (exact) mass is 720 g/mol. The van der Waals surface area contributed by atoms with Crippen molar-refractivity contribution in [3.05, 3.63) is 41.0 Å². The first-order valence-electron chi connectivity index (χ1n) is 20.3. The molecule has 6 atom stereocenters. The van der Waals surface area contributed by atoms with Crippen molar-refractivity contribution in [2.45, 2.75) is 159 Å². The number of carbonyl (C=O) groups is 3. The topological polar surface area (TPSA) is 113 Å². The average Bonchev–Trinajstić information content (AvgIpc) is 3.33. The van der Waals surface area contributed by atoms with Gasteiger partial charge in [-0.05, 0) is 135 Å². The van der Waals surface area contributed by atoms with Crippen LogP contribution >= 0.6 is 0 Å². The van der Waals surface area contributed by atoms with E-state index >= 15 is 0 Å². The second-order valence-electron chi connectivity index (χ2n) is 20.2. The van der Waals surface area contributed by atoms with Gasteiger partial charge in [0.1, 0.15) is 11.9 Å². The van der Waals surface area contributed by atoms with Crippen molar-refractivity contribution < 1.29 is 29.3 Å². The van der Waals surface area contributed by atoms with Gasteiger partial charge in [-0.1, -0.05) is 79.5 Å². The van der Waals surface area contributed by atoms with Gasteiger partial charge in [0, 0.05) is 23.8 Å². The summed E-state index contributed by atoms with van der Waals surface area (Å²) in [6.07, 6.45) is 10.7. The molecule has 0 saturated heterocycles. The van der Waals surface area contributed by atoms with Gasteiger partial charge in [-0.2, -0.15) is 0 Å². The van der Waals surface area contributed by atoms with E-state index in [4.69, 9.17) is 4.74 Å². The number of ether oxygens (including phenoxy) is 1. The van der Waals surface area contributed by atoms with Crippen LogP contribution in [-0.4, -0.2) is 40.6 Å². The van der Waals surface area contributed by atoms with Crippen LogP contribution in [0.25, 0.3) is 0 Å². The molecule has 4 aliphatic carbocycles. The van der Waals surface area contributed by atoms with Crippen molar-refractivity contribution in [2.75, 3.05) is 6.54 Å². The Morgan fingerprint density at radius 2 is 1.58 bits per heavy atom. The van der Waals surface area contributed by atoms with Gasteiger partial charge >= 0.3 is 11.9 Å². The molecule has 0 aromatic heterocycles. The number of rotatable bonds is 10. The second-order valence-corrected chi connectivity index (χ2v) is 20.2. The third kappa shape index (κ3) is 7.64. The Kier molecular flexibility index (Phi) is 11.3. The van der Waals surface area contributed by atoms with Gasteiger partial charge < -0.3 is 20.3 Å². The Balaban J connectivity index is 1.40. The number of hydrogen-bond acceptors (Lipinski definition) is 6. The number of Topliss-reactive ketones (excluding diaryl/α,β-unsaturated/α-hetero) is 1. The van der Waals surface area contributed by atoms with E-state index in [1.54, 1.807) is 26.0 Å². The number of aromatic hydroxyl groups is 1. The zero-order valence-electron chi connectivity index (χ0n) is 34.0. The van der Waals surface area contributed by atoms with Crippen molar-refractivity contribution in [3.8, 4) is 5.75 Å². The number of carboxylic acids is 1. The van der Waals surface area contributed by atoms with E-state index < -0.39 is 17.4 Å². The molecule has 7 heteroatoms. The normalized spacial score (nSPS) is 33.2. The molecule has 0 radical (unpaired) electrons. The predicted octanol–water partition coefficient (Wildman–Crippen LogP) is 10.0. The molecule has 3 N–H and O–H groups in total. The van der Waals surface area contributed by atoms with Gasteiger partial charge in [-0.15, -0.1) is 0 Å². The van der Waals surface area contributed by atoms with Crippen LogP contribution in [0.4, 0.5) is 0 Å². The SMILES string of the molecule is CC(C)C1=C2C(C)(C)CCC3C(C)(CCCC2(CCNCc2ccc(O)cc2)CC1=O)CC[C@H]1C(C)(C)C(OC(=O)CC(C)(C)C(=O)O)CCC31C. The Morgan fingerprint density at radius 1 is 0.923 bits per heavy atom. The summed E-state index contributed by atoms with van der Waals surface area (Å²) < 4.78 is 6.18. The molecule has 5 rings (SSSR count). The number of carbonyl (C=O) groups excluding carboxylic acids is 2. The van der Waals surface area contributed by atoms with E-state index in [9.17, 15) is 24.6 Å². The molecule has 3 fully saturated rings. The van der Waals surface area contributed by atoms with Crippen LogP contribution in [0.3, 0.4) is 0 Å². The summed E-state index contributed by atoms with van der Waals surface area (Å²) in [7, 11) is 0. The van der Waals surface area contributed by atoms with Crippen LogP contribution in [0, 0.1) is 50.2 Å². The smallest absolute Gasteiger partial charge is 0.309 e. The molecule has 4 aliphatic rings. The quantitative estimate of drug-likeness (QED) is 0.163. The number of nitrogens with one attached hydrogen (secondary N) is 1. The minimum atomic E-state index is -1.16. The van der Waals surface area contributed by atoms with Crippen molar-refractivity contribution in [1.82, 2.24) is 5.32 Å². The molecule has 0 bridgehead atoms. The van der Waals surface area contributed by atoms with Crippen molar-refractivity contribution in [2.24, 2.45) is 50.2 Å². The van der Waals surface area contributed by atoms with Crippen LogP contribution in [0.1, 0.15) is 152 Å². The minimum Gasteiger partial charge on any atom is -0.508 e. The van der Waals surface area contributed by atoms with Gasteiger partial charge in [0.25, 0.3) is 0 Å². The summed E-state index contributed by atoms with van der Waals surface area (Å²) in [5, 5.41) is 23.0. The van der Waals surface area contributed by atoms with E-state index in [0.717, 1.165) is 88.4 Å². The van der Waals surface area contributed by atoms with Crippen molar-refractivity contribution >= 4 is 17.7 Å². The fraction of sp³-hybridized carbons (Fsp3) is 0.756. The summed E-state index contributed by atoms with van der Waals surface area (Å²) >= 11 is 0. The van der Waals surface area contributed by atoms with Crippen LogP contribution in [0.15, 0.2) is 35.4 Å². The van der Waals surface area contributed by atoms with Gasteiger partial charge in [0.2, 0.25) is 0 Å². The van der Waals surface area contributed by atoms with Crippen LogP contribution in [0.5, 0.6) is 5.75 Å². The van der Waals surface area contributed by atoms with E-state index in [-0.39, 0.29) is 51.3 Å². The summed E-state index contributed by atoms with van der Waals surface area (Å²) in [5.74, 6) is 0.338. The lowest BCUT2D eigenvalue weighted by Crippen LogP contribution is -2.59. The maximum Gasteiger partial charge on any atom is 0.309 e. The first kappa shape index (κ1) is 40.5. The lowest BCUT2D eigenvalue weighted by atomic mass is 9.41. The maximum atomic E-state index is 14.0. The Morgan fingerprint density at radius 3 is 2.21 bits per heavy atom. The number of esters is 1. The van der Waals surface area contributed by atoms with Gasteiger partial charge in [-0.25, -0.2) is 0 Å². The standard InChI is InChI=1S/C45H69NO6/c1-29(2)37-32(48)26-45(24-25-46-28-30-12-14-31(47)15-13-30)20-11-19-43(9)22-17-33-42(7,8)35(52-36(49)27-41(5,6)39(50)51)18-23-44(33,10)34(43)16-21-40(3,4)38(37)45/h12-15,29,33-35,46-47H,11,16-28H2,1-10H3,(H,50,51)/t33-,34?,35?,43?,44?,45?/m0/s1. The second kappa shape index (κ2) is 14.5.